The maximum Gasteiger partial charge on any atom is 0.320 e. The number of amides is 1. The van der Waals surface area contributed by atoms with Crippen LogP contribution in [0.5, 0.6) is 0 Å². The van der Waals surface area contributed by atoms with Crippen LogP contribution in [0, 0.1) is 0 Å². The Bertz CT molecular complexity index is 724. The zero-order chi connectivity index (χ0) is 18.9. The van der Waals surface area contributed by atoms with E-state index in [1.54, 1.807) is 0 Å². The molecule has 0 radical (unpaired) electrons. The Labute approximate surface area is 154 Å². The number of hydrogen-bond donors (Lipinski definition) is 3. The summed E-state index contributed by atoms with van der Waals surface area (Å²) < 4.78 is 0. The normalized spacial score (nSPS) is 11.8. The predicted molar refractivity (Wildman–Crippen MR) is 102 cm³/mol. The van der Waals surface area contributed by atoms with E-state index in [4.69, 9.17) is 10.8 Å². The molecule has 2 rings (SSSR count). The van der Waals surface area contributed by atoms with E-state index in [2.05, 4.69) is 12.2 Å². The van der Waals surface area contributed by atoms with Crippen LogP contribution in [0.3, 0.4) is 0 Å². The van der Waals surface area contributed by atoms with E-state index < -0.39 is 12.0 Å². The third-order valence-electron chi connectivity index (χ3n) is 4.28. The highest BCUT2D eigenvalue weighted by molar-refractivity contribution is 5.94. The van der Waals surface area contributed by atoms with Crippen molar-refractivity contribution in [3.05, 3.63) is 70.8 Å². The summed E-state index contributed by atoms with van der Waals surface area (Å²) in [4.78, 5) is 23.0. The second kappa shape index (κ2) is 9.73. The third-order valence-corrected chi connectivity index (χ3v) is 4.28. The summed E-state index contributed by atoms with van der Waals surface area (Å²) in [6.07, 6.45) is 3.63. The first kappa shape index (κ1) is 19.7. The summed E-state index contributed by atoms with van der Waals surface area (Å²) in [5, 5.41) is 11.7. The van der Waals surface area contributed by atoms with Crippen molar-refractivity contribution in [3.8, 4) is 0 Å². The van der Waals surface area contributed by atoms with Gasteiger partial charge in [0, 0.05) is 12.1 Å². The van der Waals surface area contributed by atoms with E-state index in [0.29, 0.717) is 12.1 Å². The molecular weight excluding hydrogens is 328 g/mol. The minimum absolute atomic E-state index is 0.107. The van der Waals surface area contributed by atoms with Gasteiger partial charge < -0.3 is 16.2 Å². The van der Waals surface area contributed by atoms with Gasteiger partial charge in [0.15, 0.2) is 0 Å². The molecule has 26 heavy (non-hydrogen) atoms. The molecule has 0 unspecified atom stereocenters. The highest BCUT2D eigenvalue weighted by Crippen LogP contribution is 2.09. The lowest BCUT2D eigenvalue weighted by Crippen LogP contribution is -2.32. The number of benzene rings is 2. The van der Waals surface area contributed by atoms with Crippen molar-refractivity contribution < 1.29 is 14.7 Å². The van der Waals surface area contributed by atoms with Gasteiger partial charge in [-0.1, -0.05) is 49.7 Å². The second-order valence-electron chi connectivity index (χ2n) is 6.45. The number of carbonyl (C=O) groups excluding carboxylic acids is 1. The molecule has 1 amide bonds. The lowest BCUT2D eigenvalue weighted by Gasteiger charge is -2.09. The monoisotopic (exact) mass is 354 g/mol. The fraction of sp³-hybridized carbons (Fsp3) is 0.333. The van der Waals surface area contributed by atoms with Crippen LogP contribution >= 0.6 is 0 Å². The molecule has 138 valence electrons. The van der Waals surface area contributed by atoms with Gasteiger partial charge in [0.2, 0.25) is 0 Å². The molecule has 0 aliphatic rings. The molecule has 0 fully saturated rings. The molecule has 0 aliphatic heterocycles. The topological polar surface area (TPSA) is 92.4 Å². The number of nitrogens with one attached hydrogen (secondary N) is 1. The third kappa shape index (κ3) is 6.01. The molecule has 0 saturated heterocycles. The van der Waals surface area contributed by atoms with Crippen molar-refractivity contribution in [1.82, 2.24) is 5.32 Å². The average Bonchev–Trinajstić information content (AvgIpc) is 2.65. The number of nitrogens with two attached hydrogens (primary N) is 1. The molecule has 0 aromatic heterocycles. The summed E-state index contributed by atoms with van der Waals surface area (Å²) in [5.41, 5.74) is 9.23. The second-order valence-corrected chi connectivity index (χ2v) is 6.45. The van der Waals surface area contributed by atoms with Gasteiger partial charge in [-0.05, 0) is 48.1 Å². The molecule has 1 atom stereocenters. The molecule has 2 aromatic carbocycles. The van der Waals surface area contributed by atoms with Crippen LogP contribution in [0.25, 0.3) is 0 Å². The Morgan fingerprint density at radius 1 is 1.00 bits per heavy atom. The number of carboxylic acid groups (broad SMARTS) is 1. The number of carbonyl (C=O) groups is 2. The van der Waals surface area contributed by atoms with Crippen molar-refractivity contribution in [1.29, 1.82) is 0 Å². The zero-order valence-electron chi connectivity index (χ0n) is 15.1. The minimum atomic E-state index is -1.01. The van der Waals surface area contributed by atoms with Gasteiger partial charge in [0.05, 0.1) is 0 Å². The molecule has 2 aromatic rings. The molecule has 5 heteroatoms. The molecule has 4 N–H and O–H groups in total. The Morgan fingerprint density at radius 2 is 1.58 bits per heavy atom. The van der Waals surface area contributed by atoms with E-state index in [-0.39, 0.29) is 12.3 Å². The predicted octanol–water partition coefficient (Wildman–Crippen LogP) is 2.91. The van der Waals surface area contributed by atoms with Crippen molar-refractivity contribution in [2.45, 2.75) is 45.2 Å². The molecule has 0 aliphatic carbocycles. The number of unbranched alkanes of at least 4 members (excludes halogenated alkanes) is 1. The number of carboxylic acids is 1. The largest absolute Gasteiger partial charge is 0.480 e. The first-order valence-electron chi connectivity index (χ1n) is 8.93. The summed E-state index contributed by atoms with van der Waals surface area (Å²) in [5.74, 6) is -1.12. The SMILES string of the molecule is CCCCc1ccc(C(=O)NCc2ccc(C[C@H](N)C(=O)O)cc2)cc1. The van der Waals surface area contributed by atoms with Crippen molar-refractivity contribution in [2.75, 3.05) is 0 Å². The van der Waals surface area contributed by atoms with Crippen molar-refractivity contribution in [2.24, 2.45) is 5.73 Å². The van der Waals surface area contributed by atoms with Gasteiger partial charge in [0.1, 0.15) is 6.04 Å². The summed E-state index contributed by atoms with van der Waals surface area (Å²) in [6, 6.07) is 14.3. The standard InChI is InChI=1S/C21H26N2O3/c1-2-3-4-15-9-11-18(12-10-15)20(24)23-14-17-7-5-16(6-8-17)13-19(22)21(25)26/h5-12,19H,2-4,13-14,22H2,1H3,(H,23,24)(H,25,26)/t19-/m0/s1. The molecular formula is C21H26N2O3. The highest BCUT2D eigenvalue weighted by atomic mass is 16.4. The fourth-order valence-electron chi connectivity index (χ4n) is 2.62. The molecule has 0 saturated carbocycles. The maximum atomic E-state index is 12.2. The van der Waals surface area contributed by atoms with Gasteiger partial charge in [-0.15, -0.1) is 0 Å². The summed E-state index contributed by atoms with van der Waals surface area (Å²) in [6.45, 7) is 2.58. The van der Waals surface area contributed by atoms with Crippen molar-refractivity contribution in [3.63, 3.8) is 0 Å². The molecule has 5 nitrogen and oxygen atoms in total. The maximum absolute atomic E-state index is 12.2. The number of rotatable bonds is 9. The van der Waals surface area contributed by atoms with Gasteiger partial charge in [0.25, 0.3) is 5.91 Å². The lowest BCUT2D eigenvalue weighted by molar-refractivity contribution is -0.138. The molecule has 0 spiro atoms. The van der Waals surface area contributed by atoms with Crippen molar-refractivity contribution >= 4 is 11.9 Å². The first-order chi connectivity index (χ1) is 12.5. The minimum Gasteiger partial charge on any atom is -0.480 e. The lowest BCUT2D eigenvalue weighted by atomic mass is 10.0. The van der Waals surface area contributed by atoms with Crippen LogP contribution in [-0.4, -0.2) is 23.0 Å². The van der Waals surface area contributed by atoms with E-state index in [9.17, 15) is 9.59 Å². The van der Waals surface area contributed by atoms with Crippen LogP contribution in [-0.2, 0) is 24.2 Å². The Balaban J connectivity index is 1.85. The van der Waals surface area contributed by atoms with Crippen LogP contribution in [0.2, 0.25) is 0 Å². The number of aryl methyl sites for hydroxylation is 1. The van der Waals surface area contributed by atoms with Gasteiger partial charge in [-0.2, -0.15) is 0 Å². The van der Waals surface area contributed by atoms with Crippen LogP contribution in [0.1, 0.15) is 46.8 Å². The first-order valence-corrected chi connectivity index (χ1v) is 8.93. The van der Waals surface area contributed by atoms with Crippen LogP contribution in [0.4, 0.5) is 0 Å². The van der Waals surface area contributed by atoms with Crippen LogP contribution < -0.4 is 11.1 Å². The van der Waals surface area contributed by atoms with Gasteiger partial charge in [-0.3, -0.25) is 9.59 Å². The molecule has 0 bridgehead atoms. The number of aliphatic carboxylic acids is 1. The summed E-state index contributed by atoms with van der Waals surface area (Å²) >= 11 is 0. The fourth-order valence-corrected chi connectivity index (χ4v) is 2.62. The van der Waals surface area contributed by atoms with E-state index in [0.717, 1.165) is 30.4 Å². The van der Waals surface area contributed by atoms with Gasteiger partial charge in [-0.25, -0.2) is 0 Å². The summed E-state index contributed by atoms with van der Waals surface area (Å²) in [7, 11) is 0. The molecule has 0 heterocycles. The Kier molecular flexibility index (Phi) is 7.36. The number of hydrogen-bond acceptors (Lipinski definition) is 3. The van der Waals surface area contributed by atoms with E-state index >= 15 is 0 Å². The smallest absolute Gasteiger partial charge is 0.320 e. The van der Waals surface area contributed by atoms with E-state index in [1.807, 2.05) is 48.5 Å². The Morgan fingerprint density at radius 3 is 2.15 bits per heavy atom. The zero-order valence-corrected chi connectivity index (χ0v) is 15.1. The average molecular weight is 354 g/mol. The van der Waals surface area contributed by atoms with Crippen LogP contribution in [0.15, 0.2) is 48.5 Å². The Hall–Kier alpha value is -2.66. The van der Waals surface area contributed by atoms with E-state index in [1.165, 1.54) is 5.56 Å². The highest BCUT2D eigenvalue weighted by Gasteiger charge is 2.12. The quantitative estimate of drug-likeness (QED) is 0.645. The van der Waals surface area contributed by atoms with Gasteiger partial charge >= 0.3 is 5.97 Å².